The second kappa shape index (κ2) is 8.46. The maximum absolute atomic E-state index is 8.72. The molecule has 0 saturated heterocycles. The normalized spacial score (nSPS) is 12.4. The molecule has 0 unspecified atom stereocenters. The lowest BCUT2D eigenvalue weighted by molar-refractivity contribution is 0.304. The van der Waals surface area contributed by atoms with Crippen molar-refractivity contribution in [3.63, 3.8) is 0 Å². The average molecular weight is 294 g/mol. The minimum absolute atomic E-state index is 0.263. The summed E-state index contributed by atoms with van der Waals surface area (Å²) in [6.45, 7) is 5.61. The molecule has 1 aromatic rings. The molecule has 0 amide bonds. The van der Waals surface area contributed by atoms with Crippen LogP contribution in [0.15, 0.2) is 23.5 Å². The van der Waals surface area contributed by atoms with Gasteiger partial charge in [0.25, 0.3) is 0 Å². The number of nitrogens with zero attached hydrogens (tertiary/aromatic N) is 2. The molecule has 1 heterocycles. The minimum atomic E-state index is -0.263. The van der Waals surface area contributed by atoms with Gasteiger partial charge in [0.1, 0.15) is 5.84 Å². The van der Waals surface area contributed by atoms with Crippen LogP contribution >= 0.6 is 0 Å². The third-order valence-electron chi connectivity index (χ3n) is 3.57. The first-order chi connectivity index (χ1) is 10.0. The lowest BCUT2D eigenvalue weighted by Crippen LogP contribution is -2.32. The van der Waals surface area contributed by atoms with Crippen molar-refractivity contribution in [3.8, 4) is 5.88 Å². The van der Waals surface area contributed by atoms with E-state index in [1.54, 1.807) is 13.3 Å². The van der Waals surface area contributed by atoms with Gasteiger partial charge in [-0.2, -0.15) is 0 Å². The smallest absolute Gasteiger partial charge is 0.217 e. The van der Waals surface area contributed by atoms with Gasteiger partial charge in [-0.3, -0.25) is 0 Å². The van der Waals surface area contributed by atoms with Gasteiger partial charge in [0.15, 0.2) is 0 Å². The Balaban J connectivity index is 2.24. The molecule has 0 atom stereocenters. The Morgan fingerprint density at radius 2 is 2.24 bits per heavy atom. The van der Waals surface area contributed by atoms with Crippen molar-refractivity contribution in [2.45, 2.75) is 39.7 Å². The lowest BCUT2D eigenvalue weighted by atomic mass is 9.86. The Hall–Kier alpha value is -1.82. The molecule has 0 fully saturated rings. The van der Waals surface area contributed by atoms with Gasteiger partial charge in [0, 0.05) is 23.7 Å². The molecule has 0 aliphatic rings. The van der Waals surface area contributed by atoms with Gasteiger partial charge in [-0.15, -0.1) is 0 Å². The van der Waals surface area contributed by atoms with Crippen LogP contribution in [-0.2, 0) is 6.54 Å². The molecule has 0 radical (unpaired) electrons. The highest BCUT2D eigenvalue weighted by Crippen LogP contribution is 2.23. The number of methoxy groups -OCH3 is 1. The van der Waals surface area contributed by atoms with Gasteiger partial charge in [-0.05, 0) is 25.5 Å². The fourth-order valence-corrected chi connectivity index (χ4v) is 2.05. The number of unbranched alkanes of at least 4 members (excludes halogenated alkanes) is 1. The average Bonchev–Trinajstić information content (AvgIpc) is 2.50. The maximum Gasteiger partial charge on any atom is 0.217 e. The molecule has 1 aromatic heterocycles. The van der Waals surface area contributed by atoms with Crippen molar-refractivity contribution < 1.29 is 9.94 Å². The molecule has 0 aliphatic carbocycles. The Bertz CT molecular complexity index is 461. The number of pyridine rings is 1. The number of amidine groups is 1. The van der Waals surface area contributed by atoms with E-state index in [9.17, 15) is 0 Å². The molecule has 0 spiro atoms. The van der Waals surface area contributed by atoms with Crippen molar-refractivity contribution in [2.24, 2.45) is 16.3 Å². The van der Waals surface area contributed by atoms with Crippen LogP contribution in [0, 0.1) is 5.41 Å². The first kappa shape index (κ1) is 17.2. The van der Waals surface area contributed by atoms with Crippen LogP contribution in [0.5, 0.6) is 5.88 Å². The zero-order chi connectivity index (χ0) is 15.7. The molecular weight excluding hydrogens is 268 g/mol. The van der Waals surface area contributed by atoms with Gasteiger partial charge in [-0.25, -0.2) is 4.98 Å². The van der Waals surface area contributed by atoms with E-state index in [-0.39, 0.29) is 11.3 Å². The first-order valence-corrected chi connectivity index (χ1v) is 7.18. The monoisotopic (exact) mass is 294 g/mol. The number of nitrogens with two attached hydrogens (primary N) is 1. The molecule has 6 heteroatoms. The summed E-state index contributed by atoms with van der Waals surface area (Å²) >= 11 is 0. The Morgan fingerprint density at radius 3 is 2.90 bits per heavy atom. The number of ether oxygens (including phenoxy) is 1. The second-order valence-electron chi connectivity index (χ2n) is 5.67. The number of rotatable bonds is 9. The zero-order valence-electron chi connectivity index (χ0n) is 13.1. The van der Waals surface area contributed by atoms with Crippen LogP contribution in [0.2, 0.25) is 0 Å². The Kier molecular flexibility index (Phi) is 6.94. The summed E-state index contributed by atoms with van der Waals surface area (Å²) < 4.78 is 5.21. The highest BCUT2D eigenvalue weighted by molar-refractivity contribution is 5.85. The highest BCUT2D eigenvalue weighted by Gasteiger charge is 2.22. The standard InChI is InChI=1S/C15H26N4O2/c1-15(2,14(16)19-20)8-4-5-9-17-11-12-7-6-10-18-13(12)21-3/h6-7,10,17,20H,4-5,8-9,11H2,1-3H3,(H2,16,19). The van der Waals surface area contributed by atoms with Crippen LogP contribution in [0.4, 0.5) is 0 Å². The number of oxime groups is 1. The summed E-state index contributed by atoms with van der Waals surface area (Å²) in [6, 6.07) is 3.90. The van der Waals surface area contributed by atoms with Crippen molar-refractivity contribution in [3.05, 3.63) is 23.9 Å². The molecule has 118 valence electrons. The summed E-state index contributed by atoms with van der Waals surface area (Å²) in [7, 11) is 1.63. The van der Waals surface area contributed by atoms with Gasteiger partial charge in [-0.1, -0.05) is 31.5 Å². The first-order valence-electron chi connectivity index (χ1n) is 7.18. The van der Waals surface area contributed by atoms with E-state index < -0.39 is 0 Å². The number of hydrogen-bond acceptors (Lipinski definition) is 5. The molecule has 0 bridgehead atoms. The lowest BCUT2D eigenvalue weighted by Gasteiger charge is -2.22. The maximum atomic E-state index is 8.72. The van der Waals surface area contributed by atoms with Gasteiger partial charge in [0.2, 0.25) is 5.88 Å². The summed E-state index contributed by atoms with van der Waals surface area (Å²) in [5.41, 5.74) is 6.45. The largest absolute Gasteiger partial charge is 0.481 e. The van der Waals surface area contributed by atoms with Crippen LogP contribution in [-0.4, -0.2) is 29.7 Å². The Labute approximate surface area is 126 Å². The summed E-state index contributed by atoms with van der Waals surface area (Å²) in [5, 5.41) is 15.2. The van der Waals surface area contributed by atoms with Crippen molar-refractivity contribution in [1.82, 2.24) is 10.3 Å². The number of aromatic nitrogens is 1. The fraction of sp³-hybridized carbons (Fsp3) is 0.600. The van der Waals surface area contributed by atoms with Crippen molar-refractivity contribution in [1.29, 1.82) is 0 Å². The van der Waals surface area contributed by atoms with E-state index in [4.69, 9.17) is 15.7 Å². The second-order valence-corrected chi connectivity index (χ2v) is 5.67. The van der Waals surface area contributed by atoms with E-state index in [0.29, 0.717) is 5.88 Å². The number of nitrogens with one attached hydrogen (secondary N) is 1. The highest BCUT2D eigenvalue weighted by atomic mass is 16.5. The molecule has 1 rings (SSSR count). The predicted octanol–water partition coefficient (Wildman–Crippen LogP) is 2.12. The van der Waals surface area contributed by atoms with E-state index >= 15 is 0 Å². The summed E-state index contributed by atoms with van der Waals surface area (Å²) in [5.74, 6) is 0.952. The van der Waals surface area contributed by atoms with Gasteiger partial charge in [0.05, 0.1) is 7.11 Å². The fourth-order valence-electron chi connectivity index (χ4n) is 2.05. The third kappa shape index (κ3) is 5.59. The third-order valence-corrected chi connectivity index (χ3v) is 3.57. The van der Waals surface area contributed by atoms with E-state index in [1.807, 2.05) is 26.0 Å². The van der Waals surface area contributed by atoms with Gasteiger partial charge >= 0.3 is 0 Å². The predicted molar refractivity (Wildman–Crippen MR) is 83.5 cm³/mol. The number of hydrogen-bond donors (Lipinski definition) is 3. The molecule has 0 saturated carbocycles. The Morgan fingerprint density at radius 1 is 1.48 bits per heavy atom. The summed E-state index contributed by atoms with van der Waals surface area (Å²) in [6.07, 6.45) is 4.66. The van der Waals surface area contributed by atoms with Crippen LogP contribution in [0.25, 0.3) is 0 Å². The van der Waals surface area contributed by atoms with Crippen LogP contribution < -0.4 is 15.8 Å². The quantitative estimate of drug-likeness (QED) is 0.213. The summed E-state index contributed by atoms with van der Waals surface area (Å²) in [4.78, 5) is 4.16. The minimum Gasteiger partial charge on any atom is -0.481 e. The SMILES string of the molecule is COc1ncccc1CNCCCCC(C)(C)/C(N)=N/O. The molecule has 6 nitrogen and oxygen atoms in total. The molecule has 4 N–H and O–H groups in total. The van der Waals surface area contributed by atoms with Crippen LogP contribution in [0.3, 0.4) is 0 Å². The van der Waals surface area contributed by atoms with E-state index in [1.165, 1.54) is 0 Å². The molecule has 0 aromatic carbocycles. The van der Waals surface area contributed by atoms with Gasteiger partial charge < -0.3 is 21.0 Å². The van der Waals surface area contributed by atoms with Crippen molar-refractivity contribution >= 4 is 5.84 Å². The van der Waals surface area contributed by atoms with E-state index in [2.05, 4.69) is 15.5 Å². The van der Waals surface area contributed by atoms with E-state index in [0.717, 1.165) is 37.9 Å². The zero-order valence-corrected chi connectivity index (χ0v) is 13.1. The topological polar surface area (TPSA) is 92.8 Å². The molecule has 21 heavy (non-hydrogen) atoms. The van der Waals surface area contributed by atoms with Crippen molar-refractivity contribution in [2.75, 3.05) is 13.7 Å². The molecular formula is C15H26N4O2. The van der Waals surface area contributed by atoms with Crippen LogP contribution in [0.1, 0.15) is 38.7 Å². The molecule has 0 aliphatic heterocycles.